The quantitative estimate of drug-likeness (QED) is 0.340. The maximum Gasteiger partial charge on any atom is 0.410 e. The second-order valence-corrected chi connectivity index (χ2v) is 11.3. The number of hydrogen-bond acceptors (Lipinski definition) is 10. The van der Waals surface area contributed by atoms with Gasteiger partial charge in [-0.25, -0.2) is 9.78 Å². The van der Waals surface area contributed by atoms with E-state index in [0.717, 1.165) is 15.9 Å². The highest BCUT2D eigenvalue weighted by Crippen LogP contribution is 2.32. The Balaban J connectivity index is 1.44. The topological polar surface area (TPSA) is 166 Å². The first-order chi connectivity index (χ1) is 18.9. The summed E-state index contributed by atoms with van der Waals surface area (Å²) in [7, 11) is 0. The van der Waals surface area contributed by atoms with Crippen LogP contribution in [0.1, 0.15) is 50.5 Å². The molecule has 0 radical (unpaired) electrons. The number of nitrogens with two attached hydrogens (primary N) is 1. The molecule has 3 aliphatic rings. The Hall–Kier alpha value is -3.94. The molecule has 14 heteroatoms. The fraction of sp³-hybridized carbons (Fsp3) is 0.462. The number of piperazine rings is 1. The van der Waals surface area contributed by atoms with E-state index in [1.807, 2.05) is 26.8 Å². The van der Waals surface area contributed by atoms with Crippen LogP contribution >= 0.6 is 15.9 Å². The summed E-state index contributed by atoms with van der Waals surface area (Å²) in [5.41, 5.74) is 6.83. The minimum Gasteiger partial charge on any atom is -0.444 e. The lowest BCUT2D eigenvalue weighted by atomic mass is 10.1. The molecule has 2 heterocycles. The third-order valence-corrected chi connectivity index (χ3v) is 7.00. The second kappa shape index (κ2) is 12.1. The molecular weight excluding hydrogens is 586 g/mol. The molecule has 13 nitrogen and oxygen atoms in total. The molecule has 0 saturated carbocycles. The summed E-state index contributed by atoms with van der Waals surface area (Å²) >= 11 is 3.67. The molecular formula is C26H32BrN7O6. The van der Waals surface area contributed by atoms with Crippen molar-refractivity contribution in [2.75, 3.05) is 31.5 Å². The van der Waals surface area contributed by atoms with Crippen LogP contribution in [0.15, 0.2) is 52.1 Å². The lowest BCUT2D eigenvalue weighted by Crippen LogP contribution is -2.49. The number of nitro groups is 1. The van der Waals surface area contributed by atoms with E-state index in [2.05, 4.69) is 36.1 Å². The van der Waals surface area contributed by atoms with E-state index < -0.39 is 22.5 Å². The number of carbonyl (C=O) groups excluding carboxylic acids is 2. The van der Waals surface area contributed by atoms with Gasteiger partial charge in [0, 0.05) is 47.0 Å². The highest BCUT2D eigenvalue weighted by molar-refractivity contribution is 9.11. The van der Waals surface area contributed by atoms with Gasteiger partial charge in [-0.05, 0) is 67.8 Å². The molecule has 214 valence electrons. The lowest BCUT2D eigenvalue weighted by Gasteiger charge is -2.39. The number of ether oxygens (including phenoxy) is 2. The second-order valence-electron chi connectivity index (χ2n) is 10.5. The summed E-state index contributed by atoms with van der Waals surface area (Å²) in [5, 5.41) is 14.3. The van der Waals surface area contributed by atoms with E-state index in [9.17, 15) is 19.7 Å². The number of primary amides is 1. The highest BCUT2D eigenvalue weighted by atomic mass is 79.9. The molecule has 1 unspecified atom stereocenters. The zero-order valence-electron chi connectivity index (χ0n) is 22.6. The summed E-state index contributed by atoms with van der Waals surface area (Å²) in [5.74, 6) is -0.200. The van der Waals surface area contributed by atoms with Gasteiger partial charge in [0.2, 0.25) is 11.9 Å². The van der Waals surface area contributed by atoms with Crippen molar-refractivity contribution in [2.45, 2.75) is 51.7 Å². The summed E-state index contributed by atoms with van der Waals surface area (Å²) in [6, 6.07) is -0.888. The predicted molar refractivity (Wildman–Crippen MR) is 150 cm³/mol. The maximum atomic E-state index is 12.4. The normalized spacial score (nSPS) is 19.6. The number of nitrogens with zero attached hydrogens (tertiary/aromatic N) is 5. The van der Waals surface area contributed by atoms with E-state index in [1.54, 1.807) is 17.1 Å². The number of amides is 2. The van der Waals surface area contributed by atoms with Crippen molar-refractivity contribution in [1.82, 2.24) is 19.8 Å². The fourth-order valence-electron chi connectivity index (χ4n) is 4.40. The molecule has 1 aromatic heterocycles. The number of carbonyl (C=O) groups is 2. The fourth-order valence-corrected chi connectivity index (χ4v) is 5.13. The average molecular weight is 618 g/mol. The van der Waals surface area contributed by atoms with Crippen LogP contribution in [0, 0.1) is 10.1 Å². The minimum absolute atomic E-state index is 0.0573. The molecule has 1 aromatic rings. The molecule has 1 fully saturated rings. The Morgan fingerprint density at radius 1 is 1.23 bits per heavy atom. The first-order valence-electron chi connectivity index (χ1n) is 12.8. The van der Waals surface area contributed by atoms with Crippen LogP contribution in [0.3, 0.4) is 0 Å². The van der Waals surface area contributed by atoms with Crippen molar-refractivity contribution in [3.05, 3.63) is 67.9 Å². The number of hydrogen-bond donors (Lipinski definition) is 2. The lowest BCUT2D eigenvalue weighted by molar-refractivity contribution is -0.509. The third kappa shape index (κ3) is 7.37. The molecule has 1 saturated heterocycles. The minimum atomic E-state index is -0.888. The van der Waals surface area contributed by atoms with Crippen molar-refractivity contribution in [1.29, 1.82) is 0 Å². The van der Waals surface area contributed by atoms with Crippen molar-refractivity contribution in [3.63, 3.8) is 0 Å². The molecule has 4 rings (SSSR count). The van der Waals surface area contributed by atoms with Crippen LogP contribution in [-0.2, 0) is 4.74 Å². The maximum absolute atomic E-state index is 12.4. The van der Waals surface area contributed by atoms with Gasteiger partial charge in [0.1, 0.15) is 11.4 Å². The van der Waals surface area contributed by atoms with Crippen LogP contribution in [0.4, 0.5) is 10.6 Å². The molecule has 0 aromatic carbocycles. The first kappa shape index (κ1) is 29.1. The molecule has 1 atom stereocenters. The van der Waals surface area contributed by atoms with Crippen molar-refractivity contribution in [2.24, 2.45) is 5.73 Å². The van der Waals surface area contributed by atoms with Crippen LogP contribution in [0.5, 0.6) is 5.88 Å². The van der Waals surface area contributed by atoms with Gasteiger partial charge in [0.15, 0.2) is 11.5 Å². The number of nitrogens with one attached hydrogen (secondary N) is 1. The van der Waals surface area contributed by atoms with E-state index in [0.29, 0.717) is 44.8 Å². The van der Waals surface area contributed by atoms with E-state index in [1.165, 1.54) is 12.3 Å². The predicted octanol–water partition coefficient (Wildman–Crippen LogP) is 3.69. The molecule has 0 spiro atoms. The average Bonchev–Trinajstić information content (AvgIpc) is 2.88. The number of anilines is 1. The van der Waals surface area contributed by atoms with Gasteiger partial charge >= 0.3 is 6.09 Å². The smallest absolute Gasteiger partial charge is 0.410 e. The van der Waals surface area contributed by atoms with E-state index in [-0.39, 0.29) is 29.9 Å². The molecule has 40 heavy (non-hydrogen) atoms. The standard InChI is InChI=1S/C26H32BrN7O6/c1-26(2,3)40-25(36)33-11-9-32(10-12-33)20-8-7-16(13-19(20)27)30-24-22(23(28)35)29-15-21(31-24)39-18-6-4-5-17(14-18)34(37)38/h4-6,13,15,17H,7-12,14H2,1-3H3,(H2,28,35)(H,30,31). The van der Waals surface area contributed by atoms with Crippen molar-refractivity contribution in [3.8, 4) is 5.88 Å². The van der Waals surface area contributed by atoms with E-state index >= 15 is 0 Å². The van der Waals surface area contributed by atoms with Gasteiger partial charge < -0.3 is 30.3 Å². The van der Waals surface area contributed by atoms with Gasteiger partial charge in [0.25, 0.3) is 5.91 Å². The summed E-state index contributed by atoms with van der Waals surface area (Å²) in [6.07, 6.45) is 8.94. The van der Waals surface area contributed by atoms with Crippen LogP contribution < -0.4 is 15.8 Å². The van der Waals surface area contributed by atoms with Gasteiger partial charge in [-0.1, -0.05) is 6.08 Å². The van der Waals surface area contributed by atoms with Gasteiger partial charge in [-0.2, -0.15) is 4.98 Å². The van der Waals surface area contributed by atoms with Gasteiger partial charge in [-0.15, -0.1) is 0 Å². The Labute approximate surface area is 240 Å². The van der Waals surface area contributed by atoms with Crippen molar-refractivity contribution < 1.29 is 24.0 Å². The Morgan fingerprint density at radius 3 is 2.58 bits per heavy atom. The van der Waals surface area contributed by atoms with Crippen LogP contribution in [-0.4, -0.2) is 74.5 Å². The number of halogens is 1. The molecule has 2 aliphatic carbocycles. The Kier molecular flexibility index (Phi) is 8.76. The number of allylic oxidation sites excluding steroid dienone is 6. The molecule has 0 bridgehead atoms. The molecule has 1 aliphatic heterocycles. The Bertz CT molecular complexity index is 1310. The van der Waals surface area contributed by atoms with Gasteiger partial charge in [-0.3, -0.25) is 14.9 Å². The third-order valence-electron chi connectivity index (χ3n) is 6.32. The SMILES string of the molecule is CC(C)(C)OC(=O)N1CCN(C2=C(Br)C=C(Nc3nc(OC4=CC=CC([N+](=O)[O-])C4)cnc3C(N)=O)CC2)CC1. The zero-order valence-corrected chi connectivity index (χ0v) is 24.1. The summed E-state index contributed by atoms with van der Waals surface area (Å²) in [6.45, 7) is 8.04. The van der Waals surface area contributed by atoms with E-state index in [4.69, 9.17) is 15.2 Å². The monoisotopic (exact) mass is 617 g/mol. The van der Waals surface area contributed by atoms with Crippen LogP contribution in [0.2, 0.25) is 0 Å². The molecule has 2 amide bonds. The number of rotatable bonds is 7. The first-order valence-corrected chi connectivity index (χ1v) is 13.6. The summed E-state index contributed by atoms with van der Waals surface area (Å²) < 4.78 is 12.1. The largest absolute Gasteiger partial charge is 0.444 e. The zero-order chi connectivity index (χ0) is 29.0. The summed E-state index contributed by atoms with van der Waals surface area (Å²) in [4.78, 5) is 47.6. The number of aromatic nitrogens is 2. The van der Waals surface area contributed by atoms with Crippen molar-refractivity contribution >= 4 is 33.7 Å². The molecule has 3 N–H and O–H groups in total. The highest BCUT2D eigenvalue weighted by Gasteiger charge is 2.28. The Morgan fingerprint density at radius 2 is 1.95 bits per heavy atom. The van der Waals surface area contributed by atoms with Gasteiger partial charge in [0.05, 0.1) is 12.6 Å². The van der Waals surface area contributed by atoms with Crippen LogP contribution in [0.25, 0.3) is 0 Å².